The Hall–Kier alpha value is -1.47. The lowest BCUT2D eigenvalue weighted by atomic mass is 10.0. The van der Waals surface area contributed by atoms with Gasteiger partial charge in [0.15, 0.2) is 6.61 Å². The molecule has 0 aliphatic heterocycles. The Morgan fingerprint density at radius 1 is 1.32 bits per heavy atom. The summed E-state index contributed by atoms with van der Waals surface area (Å²) < 4.78 is 11.0. The van der Waals surface area contributed by atoms with Crippen LogP contribution in [0, 0.1) is 5.92 Å². The summed E-state index contributed by atoms with van der Waals surface area (Å²) in [5, 5.41) is 6.09. The van der Waals surface area contributed by atoms with Crippen LogP contribution in [-0.4, -0.2) is 37.8 Å². The molecule has 8 heteroatoms. The third-order valence-corrected chi connectivity index (χ3v) is 4.01. The van der Waals surface area contributed by atoms with Gasteiger partial charge < -0.3 is 20.1 Å². The Morgan fingerprint density at radius 2 is 2.04 bits per heavy atom. The zero-order valence-electron chi connectivity index (χ0n) is 14.6. The molecule has 0 fully saturated rings. The molecule has 1 aromatic carbocycles. The highest BCUT2D eigenvalue weighted by molar-refractivity contribution is 9.10. The lowest BCUT2D eigenvalue weighted by molar-refractivity contribution is -0.123. The summed E-state index contributed by atoms with van der Waals surface area (Å²) in [4.78, 5) is 23.5. The molecule has 0 aliphatic rings. The van der Waals surface area contributed by atoms with Crippen LogP contribution in [-0.2, 0) is 9.53 Å². The molecule has 6 nitrogen and oxygen atoms in total. The molecular weight excluding hydrogens is 412 g/mol. The third-order valence-electron chi connectivity index (χ3n) is 3.15. The highest BCUT2D eigenvalue weighted by Gasteiger charge is 2.16. The second-order valence-corrected chi connectivity index (χ2v) is 7.15. The van der Waals surface area contributed by atoms with Crippen LogP contribution in [0.5, 0.6) is 5.75 Å². The van der Waals surface area contributed by atoms with Gasteiger partial charge in [-0.05, 0) is 53.4 Å². The largest absolute Gasteiger partial charge is 0.483 e. The molecule has 0 radical (unpaired) electrons. The number of amides is 2. The average molecular weight is 436 g/mol. The van der Waals surface area contributed by atoms with E-state index in [1.165, 1.54) is 0 Å². The van der Waals surface area contributed by atoms with E-state index in [-0.39, 0.29) is 18.6 Å². The molecule has 0 saturated heterocycles. The van der Waals surface area contributed by atoms with Crippen molar-refractivity contribution in [2.24, 2.45) is 5.92 Å². The highest BCUT2D eigenvalue weighted by atomic mass is 79.9. The summed E-state index contributed by atoms with van der Waals surface area (Å²) in [6.07, 6.45) is 0.242. The number of alkyl carbamates (subject to hydrolysis) is 1. The first kappa shape index (κ1) is 21.6. The summed E-state index contributed by atoms with van der Waals surface area (Å²) in [6, 6.07) is 4.85. The van der Waals surface area contributed by atoms with E-state index in [0.29, 0.717) is 34.3 Å². The SMILES string of the molecule is CCOC(=O)NC(CNC(=O)COc1ccc(Cl)cc1Br)CC(C)C. The van der Waals surface area contributed by atoms with Crippen molar-refractivity contribution in [2.45, 2.75) is 33.2 Å². The van der Waals surface area contributed by atoms with E-state index in [9.17, 15) is 9.59 Å². The number of carbonyl (C=O) groups is 2. The second-order valence-electron chi connectivity index (χ2n) is 5.86. The molecule has 0 bridgehead atoms. The van der Waals surface area contributed by atoms with Crippen LogP contribution in [0.15, 0.2) is 22.7 Å². The smallest absolute Gasteiger partial charge is 0.407 e. The maximum absolute atomic E-state index is 12.0. The van der Waals surface area contributed by atoms with Crippen LogP contribution in [0.4, 0.5) is 4.79 Å². The van der Waals surface area contributed by atoms with E-state index in [1.54, 1.807) is 25.1 Å². The molecule has 1 unspecified atom stereocenters. The van der Waals surface area contributed by atoms with Crippen molar-refractivity contribution in [1.29, 1.82) is 0 Å². The minimum absolute atomic E-state index is 0.131. The number of rotatable bonds is 9. The van der Waals surface area contributed by atoms with E-state index >= 15 is 0 Å². The van der Waals surface area contributed by atoms with E-state index < -0.39 is 6.09 Å². The standard InChI is InChI=1S/C17H24BrClN2O4/c1-4-24-17(23)21-13(7-11(2)3)9-20-16(22)10-25-15-6-5-12(19)8-14(15)18/h5-6,8,11,13H,4,7,9-10H2,1-3H3,(H,20,22)(H,21,23). The van der Waals surface area contributed by atoms with Crippen LogP contribution in [0.2, 0.25) is 5.02 Å². The van der Waals surface area contributed by atoms with Gasteiger partial charge in [0, 0.05) is 17.6 Å². The lowest BCUT2D eigenvalue weighted by Gasteiger charge is -2.20. The van der Waals surface area contributed by atoms with Crippen LogP contribution in [0.3, 0.4) is 0 Å². The molecule has 0 heterocycles. The van der Waals surface area contributed by atoms with Crippen molar-refractivity contribution in [1.82, 2.24) is 10.6 Å². The third kappa shape index (κ3) is 8.97. The van der Waals surface area contributed by atoms with E-state index in [2.05, 4.69) is 26.6 Å². The first-order valence-electron chi connectivity index (χ1n) is 8.09. The van der Waals surface area contributed by atoms with Crippen LogP contribution in [0.25, 0.3) is 0 Å². The summed E-state index contributed by atoms with van der Waals surface area (Å²) in [7, 11) is 0. The summed E-state index contributed by atoms with van der Waals surface area (Å²) in [6.45, 7) is 6.31. The molecule has 2 amide bonds. The topological polar surface area (TPSA) is 76.7 Å². The molecule has 1 atom stereocenters. The molecule has 0 saturated carbocycles. The Balaban J connectivity index is 2.46. The van der Waals surface area contributed by atoms with Gasteiger partial charge in [-0.15, -0.1) is 0 Å². The Morgan fingerprint density at radius 3 is 2.64 bits per heavy atom. The van der Waals surface area contributed by atoms with Crippen molar-refractivity contribution in [3.63, 3.8) is 0 Å². The maximum Gasteiger partial charge on any atom is 0.407 e. The van der Waals surface area contributed by atoms with Gasteiger partial charge in [0.05, 0.1) is 11.1 Å². The van der Waals surface area contributed by atoms with Gasteiger partial charge in [0.1, 0.15) is 5.75 Å². The minimum atomic E-state index is -0.483. The fourth-order valence-corrected chi connectivity index (χ4v) is 2.92. The molecule has 2 N–H and O–H groups in total. The predicted octanol–water partition coefficient (Wildman–Crippen LogP) is 3.76. The minimum Gasteiger partial charge on any atom is -0.483 e. The number of ether oxygens (including phenoxy) is 2. The number of nitrogens with one attached hydrogen (secondary N) is 2. The van der Waals surface area contributed by atoms with E-state index in [4.69, 9.17) is 21.1 Å². The first-order chi connectivity index (χ1) is 11.8. The average Bonchev–Trinajstić information content (AvgIpc) is 2.51. The number of hydrogen-bond acceptors (Lipinski definition) is 4. The first-order valence-corrected chi connectivity index (χ1v) is 9.26. The normalized spacial score (nSPS) is 11.8. The zero-order chi connectivity index (χ0) is 18.8. The lowest BCUT2D eigenvalue weighted by Crippen LogP contribution is -2.45. The number of hydrogen-bond donors (Lipinski definition) is 2. The maximum atomic E-state index is 12.0. The molecule has 25 heavy (non-hydrogen) atoms. The van der Waals surface area contributed by atoms with Gasteiger partial charge in [-0.3, -0.25) is 4.79 Å². The molecule has 0 aliphatic carbocycles. The predicted molar refractivity (Wildman–Crippen MR) is 101 cm³/mol. The second kappa shape index (κ2) is 11.2. The van der Waals surface area contributed by atoms with Gasteiger partial charge >= 0.3 is 6.09 Å². The van der Waals surface area contributed by atoms with Crippen LogP contribution >= 0.6 is 27.5 Å². The molecule has 0 aromatic heterocycles. The number of halogens is 2. The molecule has 1 rings (SSSR count). The summed E-state index contributed by atoms with van der Waals surface area (Å²) in [5.74, 6) is 0.620. The summed E-state index contributed by atoms with van der Waals surface area (Å²) in [5.41, 5.74) is 0. The Labute approximate surface area is 161 Å². The molecule has 0 spiro atoms. The van der Waals surface area contributed by atoms with Gasteiger partial charge in [-0.25, -0.2) is 4.79 Å². The molecule has 1 aromatic rings. The monoisotopic (exact) mass is 434 g/mol. The van der Waals surface area contributed by atoms with Crippen molar-refractivity contribution in [2.75, 3.05) is 19.8 Å². The molecule has 140 valence electrons. The van der Waals surface area contributed by atoms with Crippen molar-refractivity contribution < 1.29 is 19.1 Å². The van der Waals surface area contributed by atoms with Crippen molar-refractivity contribution in [3.05, 3.63) is 27.7 Å². The fraction of sp³-hybridized carbons (Fsp3) is 0.529. The quantitative estimate of drug-likeness (QED) is 0.619. The van der Waals surface area contributed by atoms with Gasteiger partial charge in [0.2, 0.25) is 0 Å². The van der Waals surface area contributed by atoms with Gasteiger partial charge in [0.25, 0.3) is 5.91 Å². The Kier molecular flexibility index (Phi) is 9.67. The molecular formula is C17H24BrClN2O4. The van der Waals surface area contributed by atoms with Crippen LogP contribution in [0.1, 0.15) is 27.2 Å². The van der Waals surface area contributed by atoms with Crippen LogP contribution < -0.4 is 15.4 Å². The Bertz CT molecular complexity index is 584. The number of benzene rings is 1. The van der Waals surface area contributed by atoms with E-state index in [1.807, 2.05) is 13.8 Å². The fourth-order valence-electron chi connectivity index (χ4n) is 2.13. The van der Waals surface area contributed by atoms with Gasteiger partial charge in [-0.1, -0.05) is 25.4 Å². The summed E-state index contributed by atoms with van der Waals surface area (Å²) >= 11 is 9.19. The van der Waals surface area contributed by atoms with Crippen molar-refractivity contribution >= 4 is 39.5 Å². The highest BCUT2D eigenvalue weighted by Crippen LogP contribution is 2.27. The van der Waals surface area contributed by atoms with Gasteiger partial charge in [-0.2, -0.15) is 0 Å². The van der Waals surface area contributed by atoms with Crippen molar-refractivity contribution in [3.8, 4) is 5.75 Å². The van der Waals surface area contributed by atoms with E-state index in [0.717, 1.165) is 6.42 Å². The number of carbonyl (C=O) groups excluding carboxylic acids is 2. The zero-order valence-corrected chi connectivity index (χ0v) is 16.9.